The number of methoxy groups -OCH3 is 1. The van der Waals surface area contributed by atoms with Crippen LogP contribution in [0.3, 0.4) is 0 Å². The molecule has 1 aromatic carbocycles. The van der Waals surface area contributed by atoms with Crippen molar-refractivity contribution in [2.24, 2.45) is 5.41 Å². The largest absolute Gasteiger partial charge is 0.507 e. The quantitative estimate of drug-likeness (QED) is 0.556. The van der Waals surface area contributed by atoms with E-state index in [0.717, 1.165) is 5.57 Å². The molecule has 0 radical (unpaired) electrons. The molecule has 0 aromatic heterocycles. The van der Waals surface area contributed by atoms with Gasteiger partial charge in [-0.2, -0.15) is 0 Å². The fraction of sp³-hybridized carbons (Fsp3) is 0.429. The summed E-state index contributed by atoms with van der Waals surface area (Å²) in [6, 6.07) is 1.36. The Morgan fingerprint density at radius 3 is 2.56 bits per heavy atom. The van der Waals surface area contributed by atoms with Crippen LogP contribution in [0.4, 0.5) is 0 Å². The molecule has 6 nitrogen and oxygen atoms in total. The Bertz CT molecular complexity index is 890. The number of ether oxygens (including phenoxy) is 1. The van der Waals surface area contributed by atoms with Crippen molar-refractivity contribution in [3.8, 4) is 11.5 Å². The summed E-state index contributed by atoms with van der Waals surface area (Å²) in [4.78, 5) is 26.6. The molecule has 6 heteroatoms. The number of benzene rings is 1. The lowest BCUT2D eigenvalue weighted by Gasteiger charge is -2.37. The first-order chi connectivity index (χ1) is 12.7. The molecule has 2 aliphatic rings. The minimum atomic E-state index is -2.06. The van der Waals surface area contributed by atoms with Crippen LogP contribution in [0.15, 0.2) is 29.4 Å². The highest BCUT2D eigenvalue weighted by molar-refractivity contribution is 6.25. The smallest absolute Gasteiger partial charge is 0.186 e. The van der Waals surface area contributed by atoms with Crippen LogP contribution in [-0.2, 0) is 4.79 Å². The molecule has 0 fully saturated rings. The number of carbonyl (C=O) groups excluding carboxylic acids is 2. The highest BCUT2D eigenvalue weighted by Gasteiger charge is 2.65. The molecule has 3 atom stereocenters. The number of Topliss-reactive ketones (excluding diaryl/α,β-unsaturated/α-hetero) is 2. The predicted octanol–water partition coefficient (Wildman–Crippen LogP) is 2.54. The number of aliphatic hydroxyl groups excluding tert-OH is 2. The van der Waals surface area contributed by atoms with Crippen molar-refractivity contribution in [2.45, 2.75) is 45.8 Å². The Balaban J connectivity index is 2.20. The molecule has 144 valence electrons. The van der Waals surface area contributed by atoms with Crippen molar-refractivity contribution >= 4 is 11.6 Å². The van der Waals surface area contributed by atoms with Gasteiger partial charge in [-0.05, 0) is 50.8 Å². The van der Waals surface area contributed by atoms with Crippen LogP contribution in [0.1, 0.15) is 54.3 Å². The third-order valence-electron chi connectivity index (χ3n) is 5.50. The predicted molar refractivity (Wildman–Crippen MR) is 98.9 cm³/mol. The molecular formula is C21H24O6. The van der Waals surface area contributed by atoms with Gasteiger partial charge in [0.05, 0.1) is 18.8 Å². The number of hydrogen-bond donors (Lipinski definition) is 3. The first kappa shape index (κ1) is 19.3. The average Bonchev–Trinajstić information content (AvgIpc) is 2.82. The molecule has 3 unspecified atom stereocenters. The molecule has 1 aromatic rings. The average molecular weight is 372 g/mol. The van der Waals surface area contributed by atoms with E-state index in [0.29, 0.717) is 17.6 Å². The number of carbonyl (C=O) groups is 2. The number of fused-ring (bicyclic) bond motifs is 1. The van der Waals surface area contributed by atoms with Crippen LogP contribution in [0.2, 0.25) is 0 Å². The molecule has 0 saturated carbocycles. The molecule has 2 aliphatic carbocycles. The van der Waals surface area contributed by atoms with E-state index < -0.39 is 29.2 Å². The van der Waals surface area contributed by atoms with Gasteiger partial charge < -0.3 is 20.1 Å². The Labute approximate surface area is 157 Å². The molecule has 3 N–H and O–H groups in total. The molecule has 0 heterocycles. The van der Waals surface area contributed by atoms with Crippen molar-refractivity contribution in [3.63, 3.8) is 0 Å². The lowest BCUT2D eigenvalue weighted by atomic mass is 9.66. The maximum Gasteiger partial charge on any atom is 0.186 e. The van der Waals surface area contributed by atoms with Gasteiger partial charge in [0.2, 0.25) is 0 Å². The Kier molecular flexibility index (Phi) is 4.74. The third kappa shape index (κ3) is 2.55. The second-order valence-electron chi connectivity index (χ2n) is 7.43. The normalized spacial score (nSPS) is 26.8. The summed E-state index contributed by atoms with van der Waals surface area (Å²) < 4.78 is 5.33. The van der Waals surface area contributed by atoms with E-state index in [1.54, 1.807) is 13.0 Å². The highest BCUT2D eigenvalue weighted by Crippen LogP contribution is 2.57. The summed E-state index contributed by atoms with van der Waals surface area (Å²) in [5.41, 5.74) is -0.231. The van der Waals surface area contributed by atoms with E-state index in [-0.39, 0.29) is 29.0 Å². The number of rotatable bonds is 3. The van der Waals surface area contributed by atoms with Gasteiger partial charge in [-0.1, -0.05) is 17.7 Å². The minimum Gasteiger partial charge on any atom is -0.507 e. The molecule has 27 heavy (non-hydrogen) atoms. The van der Waals surface area contributed by atoms with E-state index in [9.17, 15) is 24.9 Å². The van der Waals surface area contributed by atoms with Gasteiger partial charge in [0.15, 0.2) is 17.0 Å². The summed E-state index contributed by atoms with van der Waals surface area (Å²) in [7, 11) is 1.39. The number of aryl methyl sites for hydroxylation is 1. The number of allylic oxidation sites excluding steroid dienone is 3. The monoisotopic (exact) mass is 372 g/mol. The van der Waals surface area contributed by atoms with Crippen LogP contribution >= 0.6 is 0 Å². The number of phenolic OH excluding ortho intramolecular Hbond substituents is 1. The zero-order chi connectivity index (χ0) is 20.1. The van der Waals surface area contributed by atoms with E-state index in [1.165, 1.54) is 13.2 Å². The maximum atomic E-state index is 13.3. The van der Waals surface area contributed by atoms with Crippen LogP contribution in [-0.4, -0.2) is 40.1 Å². The number of phenols is 1. The molecule has 0 amide bonds. The Hall–Kier alpha value is -2.44. The lowest BCUT2D eigenvalue weighted by molar-refractivity contribution is -0.137. The molecule has 0 saturated heterocycles. The molecular weight excluding hydrogens is 348 g/mol. The van der Waals surface area contributed by atoms with Crippen LogP contribution in [0.25, 0.3) is 0 Å². The molecule has 0 bridgehead atoms. The number of hydrogen-bond acceptors (Lipinski definition) is 6. The van der Waals surface area contributed by atoms with Gasteiger partial charge in [0, 0.05) is 5.56 Å². The van der Waals surface area contributed by atoms with Gasteiger partial charge in [-0.3, -0.25) is 9.59 Å². The van der Waals surface area contributed by atoms with Crippen molar-refractivity contribution in [2.75, 3.05) is 7.11 Å². The zero-order valence-corrected chi connectivity index (χ0v) is 15.9. The SMILES string of the molecule is COc1c(C)cc(O)c2c1C(O)C1(C(=O)C(CC=C(C)C)=CCC1O)C2=O. The van der Waals surface area contributed by atoms with Crippen molar-refractivity contribution < 1.29 is 29.6 Å². The Morgan fingerprint density at radius 1 is 1.30 bits per heavy atom. The number of aromatic hydroxyl groups is 1. The van der Waals surface area contributed by atoms with Crippen molar-refractivity contribution in [3.05, 3.63) is 46.1 Å². The molecule has 0 aliphatic heterocycles. The van der Waals surface area contributed by atoms with Gasteiger partial charge in [0.25, 0.3) is 0 Å². The van der Waals surface area contributed by atoms with Gasteiger partial charge >= 0.3 is 0 Å². The standard InChI is InChI=1S/C21H24O6/c1-10(2)5-6-12-7-8-14(23)21(18(12)24)19(25)15-13(22)9-11(3)17(27-4)16(15)20(21)26/h5,7,9,14,20,22-23,26H,6,8H2,1-4H3. The molecule has 1 spiro atoms. The summed E-state index contributed by atoms with van der Waals surface area (Å²) >= 11 is 0. The van der Waals surface area contributed by atoms with Crippen LogP contribution < -0.4 is 4.74 Å². The third-order valence-corrected chi connectivity index (χ3v) is 5.50. The first-order valence-electron chi connectivity index (χ1n) is 8.86. The number of ketones is 2. The van der Waals surface area contributed by atoms with Crippen LogP contribution in [0, 0.1) is 12.3 Å². The summed E-state index contributed by atoms with van der Waals surface area (Å²) in [5, 5.41) is 32.1. The maximum absolute atomic E-state index is 13.3. The highest BCUT2D eigenvalue weighted by atomic mass is 16.5. The lowest BCUT2D eigenvalue weighted by Crippen LogP contribution is -2.52. The topological polar surface area (TPSA) is 104 Å². The summed E-state index contributed by atoms with van der Waals surface area (Å²) in [5.74, 6) is -1.46. The summed E-state index contributed by atoms with van der Waals surface area (Å²) in [6.07, 6.45) is 0.864. The van der Waals surface area contributed by atoms with Crippen molar-refractivity contribution in [1.82, 2.24) is 0 Å². The van der Waals surface area contributed by atoms with Gasteiger partial charge in [0.1, 0.15) is 17.6 Å². The van der Waals surface area contributed by atoms with E-state index in [2.05, 4.69) is 0 Å². The van der Waals surface area contributed by atoms with Gasteiger partial charge in [-0.25, -0.2) is 0 Å². The fourth-order valence-electron chi connectivity index (χ4n) is 4.14. The first-order valence-corrected chi connectivity index (χ1v) is 8.86. The number of aliphatic hydroxyl groups is 2. The van der Waals surface area contributed by atoms with Crippen molar-refractivity contribution in [1.29, 1.82) is 0 Å². The second kappa shape index (κ2) is 6.62. The fourth-order valence-corrected chi connectivity index (χ4v) is 4.14. The van der Waals surface area contributed by atoms with Crippen LogP contribution in [0.5, 0.6) is 11.5 Å². The second-order valence-corrected chi connectivity index (χ2v) is 7.43. The van der Waals surface area contributed by atoms with Gasteiger partial charge in [-0.15, -0.1) is 0 Å². The van der Waals surface area contributed by atoms with E-state index in [4.69, 9.17) is 4.74 Å². The zero-order valence-electron chi connectivity index (χ0n) is 15.9. The Morgan fingerprint density at radius 2 is 1.96 bits per heavy atom. The van der Waals surface area contributed by atoms with E-state index >= 15 is 0 Å². The molecule has 3 rings (SSSR count). The van der Waals surface area contributed by atoms with E-state index in [1.807, 2.05) is 19.9 Å². The summed E-state index contributed by atoms with van der Waals surface area (Å²) in [6.45, 7) is 5.46. The minimum absolute atomic E-state index is 0.0656.